The summed E-state index contributed by atoms with van der Waals surface area (Å²) in [5.74, 6) is -1.51. The number of aliphatic imine (C=N–C) groups is 1. The number of methoxy groups -OCH3 is 2. The Morgan fingerprint density at radius 2 is 1.97 bits per heavy atom. The van der Waals surface area contributed by atoms with Gasteiger partial charge in [0.15, 0.2) is 5.17 Å². The molecule has 0 aliphatic heterocycles. The second kappa shape index (κ2) is 11.2. The molecule has 0 bridgehead atoms. The highest BCUT2D eigenvalue weighted by molar-refractivity contribution is 9.11. The van der Waals surface area contributed by atoms with Crippen molar-refractivity contribution in [1.82, 2.24) is 4.31 Å². The molecule has 0 heterocycles. The number of thioether (sulfide) groups is 1. The standard InChI is InChI=1S/C19H18BrClF2N2O4S2/c1-4-24-19(30-11-20)25(10-12-5-6-13(28-2)7-17(12)29-3)31(26,27)18-8-14(21)15(22)9-16(18)23/h4-9H,1,10-11H2,2-3H3/b24-19-. The van der Waals surface area contributed by atoms with Crippen molar-refractivity contribution in [2.45, 2.75) is 11.4 Å². The van der Waals surface area contributed by atoms with E-state index in [2.05, 4.69) is 27.5 Å². The van der Waals surface area contributed by atoms with Crippen LogP contribution >= 0.6 is 39.3 Å². The summed E-state index contributed by atoms with van der Waals surface area (Å²) in [6.45, 7) is 3.24. The van der Waals surface area contributed by atoms with E-state index in [1.54, 1.807) is 18.2 Å². The van der Waals surface area contributed by atoms with Crippen LogP contribution in [0.1, 0.15) is 5.56 Å². The van der Waals surface area contributed by atoms with Crippen molar-refractivity contribution in [3.8, 4) is 11.5 Å². The molecule has 31 heavy (non-hydrogen) atoms. The first-order valence-electron chi connectivity index (χ1n) is 8.45. The van der Waals surface area contributed by atoms with E-state index in [-0.39, 0.29) is 16.4 Å². The van der Waals surface area contributed by atoms with Gasteiger partial charge in [-0.2, -0.15) is 0 Å². The van der Waals surface area contributed by atoms with Gasteiger partial charge in [-0.25, -0.2) is 26.5 Å². The van der Waals surface area contributed by atoms with Crippen molar-refractivity contribution in [1.29, 1.82) is 0 Å². The number of benzene rings is 2. The van der Waals surface area contributed by atoms with E-state index < -0.39 is 31.6 Å². The van der Waals surface area contributed by atoms with Crippen LogP contribution in [0.2, 0.25) is 5.02 Å². The molecule has 2 aromatic rings. The highest BCUT2D eigenvalue weighted by atomic mass is 79.9. The molecule has 12 heteroatoms. The van der Waals surface area contributed by atoms with Crippen LogP contribution in [-0.2, 0) is 16.6 Å². The zero-order valence-corrected chi connectivity index (χ0v) is 20.4. The molecule has 2 rings (SSSR count). The average Bonchev–Trinajstić information content (AvgIpc) is 2.74. The topological polar surface area (TPSA) is 68.2 Å². The van der Waals surface area contributed by atoms with Gasteiger partial charge in [-0.3, -0.25) is 0 Å². The quantitative estimate of drug-likeness (QED) is 0.189. The van der Waals surface area contributed by atoms with E-state index in [0.717, 1.165) is 28.3 Å². The van der Waals surface area contributed by atoms with Gasteiger partial charge in [0.25, 0.3) is 10.0 Å². The highest BCUT2D eigenvalue weighted by Gasteiger charge is 2.32. The van der Waals surface area contributed by atoms with Crippen molar-refractivity contribution in [3.63, 3.8) is 0 Å². The molecule has 0 N–H and O–H groups in total. The number of amidine groups is 1. The third kappa shape index (κ3) is 5.91. The summed E-state index contributed by atoms with van der Waals surface area (Å²) in [5, 5.41) is -0.526. The summed E-state index contributed by atoms with van der Waals surface area (Å²) in [4.78, 5) is 3.23. The van der Waals surface area contributed by atoms with Crippen molar-refractivity contribution in [2.24, 2.45) is 4.99 Å². The van der Waals surface area contributed by atoms with Crippen LogP contribution in [0.3, 0.4) is 0 Å². The summed E-state index contributed by atoms with van der Waals surface area (Å²) in [6.07, 6.45) is 1.16. The Hall–Kier alpha value is -1.82. The second-order valence-electron chi connectivity index (χ2n) is 5.73. The van der Waals surface area contributed by atoms with Crippen LogP contribution in [0.25, 0.3) is 0 Å². The van der Waals surface area contributed by atoms with Gasteiger partial charge < -0.3 is 9.47 Å². The molecule has 0 atom stereocenters. The van der Waals surface area contributed by atoms with Crippen LogP contribution in [0, 0.1) is 11.6 Å². The van der Waals surface area contributed by atoms with E-state index in [1.165, 1.54) is 14.2 Å². The molecule has 0 unspecified atom stereocenters. The Morgan fingerprint density at radius 3 is 2.55 bits per heavy atom. The average molecular weight is 556 g/mol. The monoisotopic (exact) mass is 554 g/mol. The van der Waals surface area contributed by atoms with Gasteiger partial charge in [0.1, 0.15) is 28.0 Å². The van der Waals surface area contributed by atoms with Crippen LogP contribution in [0.4, 0.5) is 8.78 Å². The number of ether oxygens (including phenoxy) is 2. The Balaban J connectivity index is 2.68. The summed E-state index contributed by atoms with van der Waals surface area (Å²) < 4.78 is 66.6. The number of hydrogen-bond acceptors (Lipinski definition) is 6. The largest absolute Gasteiger partial charge is 0.497 e. The summed E-state index contributed by atoms with van der Waals surface area (Å²) in [7, 11) is -1.65. The lowest BCUT2D eigenvalue weighted by atomic mass is 10.2. The molecule has 0 aliphatic carbocycles. The van der Waals surface area contributed by atoms with Gasteiger partial charge >= 0.3 is 0 Å². The molecule has 168 valence electrons. The minimum Gasteiger partial charge on any atom is -0.497 e. The summed E-state index contributed by atoms with van der Waals surface area (Å²) in [6, 6.07) is 5.96. The Bertz CT molecular complexity index is 1100. The molecule has 6 nitrogen and oxygen atoms in total. The number of nitrogens with zero attached hydrogens (tertiary/aromatic N) is 2. The predicted octanol–water partition coefficient (Wildman–Crippen LogP) is 5.41. The third-order valence-corrected chi connectivity index (χ3v) is 7.49. The Labute approximate surface area is 197 Å². The minimum absolute atomic E-state index is 0.00425. The Kier molecular flexibility index (Phi) is 9.16. The van der Waals surface area contributed by atoms with Gasteiger partial charge in [0, 0.05) is 23.9 Å². The van der Waals surface area contributed by atoms with Crippen molar-refractivity contribution in [3.05, 3.63) is 65.3 Å². The lowest BCUT2D eigenvalue weighted by Crippen LogP contribution is -2.35. The first-order chi connectivity index (χ1) is 14.7. The number of alkyl halides is 1. The first-order valence-corrected chi connectivity index (χ1v) is 12.4. The molecule has 2 aromatic carbocycles. The second-order valence-corrected chi connectivity index (χ2v) is 10.2. The lowest BCUT2D eigenvalue weighted by molar-refractivity contribution is 0.388. The van der Waals surface area contributed by atoms with E-state index >= 15 is 0 Å². The van der Waals surface area contributed by atoms with Crippen LogP contribution in [0.5, 0.6) is 11.5 Å². The van der Waals surface area contributed by atoms with Crippen molar-refractivity contribution < 1.29 is 26.7 Å². The van der Waals surface area contributed by atoms with E-state index in [9.17, 15) is 17.2 Å². The van der Waals surface area contributed by atoms with Gasteiger partial charge in [0.2, 0.25) is 0 Å². The smallest absolute Gasteiger partial charge is 0.269 e. The molecule has 0 saturated carbocycles. The fraction of sp³-hybridized carbons (Fsp3) is 0.211. The molecule has 0 spiro atoms. The summed E-state index contributed by atoms with van der Waals surface area (Å²) >= 11 is 9.97. The van der Waals surface area contributed by atoms with Crippen molar-refractivity contribution in [2.75, 3.05) is 18.9 Å². The third-order valence-electron chi connectivity index (χ3n) is 3.95. The lowest BCUT2D eigenvalue weighted by Gasteiger charge is -2.26. The molecule has 0 saturated heterocycles. The Morgan fingerprint density at radius 1 is 1.26 bits per heavy atom. The van der Waals surface area contributed by atoms with E-state index in [4.69, 9.17) is 21.1 Å². The van der Waals surface area contributed by atoms with E-state index in [0.29, 0.717) is 23.1 Å². The normalized spacial score (nSPS) is 11.9. The maximum atomic E-state index is 14.5. The first kappa shape index (κ1) is 25.4. The minimum atomic E-state index is -4.55. The fourth-order valence-corrected chi connectivity index (χ4v) is 5.64. The number of rotatable bonds is 8. The van der Waals surface area contributed by atoms with Gasteiger partial charge in [-0.1, -0.05) is 45.9 Å². The fourth-order valence-electron chi connectivity index (χ4n) is 2.51. The maximum absolute atomic E-state index is 14.5. The highest BCUT2D eigenvalue weighted by Crippen LogP contribution is 2.32. The molecule has 0 amide bonds. The molecule has 0 aromatic heterocycles. The van der Waals surface area contributed by atoms with Crippen LogP contribution in [0.15, 0.2) is 53.0 Å². The molecular weight excluding hydrogens is 538 g/mol. The number of halogens is 4. The molecule has 0 fully saturated rings. The van der Waals surface area contributed by atoms with Gasteiger partial charge in [-0.05, 0) is 18.2 Å². The molecule has 0 radical (unpaired) electrons. The number of sulfonamides is 1. The maximum Gasteiger partial charge on any atom is 0.269 e. The zero-order chi connectivity index (χ0) is 23.2. The van der Waals surface area contributed by atoms with Gasteiger partial charge in [-0.15, -0.1) is 0 Å². The van der Waals surface area contributed by atoms with E-state index in [1.807, 2.05) is 0 Å². The van der Waals surface area contributed by atoms with Gasteiger partial charge in [0.05, 0.1) is 30.4 Å². The number of hydrogen-bond donors (Lipinski definition) is 0. The molecular formula is C19H18BrClF2N2O4S2. The predicted molar refractivity (Wildman–Crippen MR) is 123 cm³/mol. The van der Waals surface area contributed by atoms with Crippen LogP contribution < -0.4 is 9.47 Å². The van der Waals surface area contributed by atoms with Crippen LogP contribution in [-0.4, -0.2) is 36.8 Å². The summed E-state index contributed by atoms with van der Waals surface area (Å²) in [5.41, 5.74) is 0.451. The SMILES string of the molecule is C=C/N=C(\SCBr)N(Cc1ccc(OC)cc1OC)S(=O)(=O)c1cc(Cl)c(F)cc1F. The van der Waals surface area contributed by atoms with Crippen molar-refractivity contribution >= 4 is 54.5 Å². The zero-order valence-electron chi connectivity index (χ0n) is 16.4. The molecule has 0 aliphatic rings.